The molecule has 1 N–H and O–H groups in total. The number of benzene rings is 1. The maximum Gasteiger partial charge on any atom is 0.230 e. The van der Waals surface area contributed by atoms with Crippen molar-refractivity contribution in [1.29, 1.82) is 0 Å². The lowest BCUT2D eigenvalue weighted by Crippen LogP contribution is -2.18. The fourth-order valence-electron chi connectivity index (χ4n) is 1.58. The number of carbonyl (C=O) groups excluding carboxylic acids is 1. The van der Waals surface area contributed by atoms with Crippen molar-refractivity contribution in [3.63, 3.8) is 0 Å². The number of carbonyl (C=O) groups is 1. The smallest absolute Gasteiger partial charge is 0.230 e. The molecule has 0 aliphatic heterocycles. The van der Waals surface area contributed by atoms with Crippen LogP contribution >= 0.6 is 11.3 Å². The van der Waals surface area contributed by atoms with Gasteiger partial charge in [-0.1, -0.05) is 18.3 Å². The number of nitrogens with zero attached hydrogens (tertiary/aromatic N) is 2. The van der Waals surface area contributed by atoms with E-state index in [1.54, 1.807) is 6.92 Å². The third-order valence-corrected chi connectivity index (χ3v) is 3.64. The molecule has 118 valence electrons. The third kappa shape index (κ3) is 3.06. The van der Waals surface area contributed by atoms with Gasteiger partial charge >= 0.3 is 0 Å². The SMILES string of the molecule is CCc1nnc(NC(=O)Cc2c(F)c(F)c(F)c(F)c2F)s1. The minimum absolute atomic E-state index is 0.0747. The molecule has 1 aromatic heterocycles. The first-order valence-corrected chi connectivity index (χ1v) is 6.79. The number of hydrogen-bond acceptors (Lipinski definition) is 4. The second kappa shape index (κ2) is 6.34. The molecule has 1 amide bonds. The Morgan fingerprint density at radius 3 is 2.05 bits per heavy atom. The van der Waals surface area contributed by atoms with Gasteiger partial charge in [-0.2, -0.15) is 0 Å². The number of hydrogen-bond donors (Lipinski definition) is 1. The molecule has 1 aromatic carbocycles. The first-order valence-electron chi connectivity index (χ1n) is 5.97. The van der Waals surface area contributed by atoms with Crippen molar-refractivity contribution in [2.45, 2.75) is 19.8 Å². The summed E-state index contributed by atoms with van der Waals surface area (Å²) in [6.45, 7) is 1.81. The summed E-state index contributed by atoms with van der Waals surface area (Å²) in [5.74, 6) is -11.5. The van der Waals surface area contributed by atoms with Crippen LogP contribution in [0.2, 0.25) is 0 Å². The van der Waals surface area contributed by atoms with Crippen molar-refractivity contribution in [3.8, 4) is 0 Å². The Labute approximate surface area is 125 Å². The van der Waals surface area contributed by atoms with Crippen LogP contribution < -0.4 is 5.32 Å². The topological polar surface area (TPSA) is 54.9 Å². The largest absolute Gasteiger partial charge is 0.300 e. The Bertz CT molecular complexity index is 705. The van der Waals surface area contributed by atoms with E-state index in [1.807, 2.05) is 0 Å². The van der Waals surface area contributed by atoms with Gasteiger partial charge in [-0.25, -0.2) is 22.0 Å². The predicted molar refractivity (Wildman–Crippen MR) is 67.9 cm³/mol. The fourth-order valence-corrected chi connectivity index (χ4v) is 2.27. The summed E-state index contributed by atoms with van der Waals surface area (Å²) in [6, 6.07) is 0. The van der Waals surface area contributed by atoms with E-state index in [2.05, 4.69) is 15.5 Å². The Kier molecular flexibility index (Phi) is 4.69. The number of nitrogens with one attached hydrogen (secondary N) is 1. The van der Waals surface area contributed by atoms with Crippen molar-refractivity contribution in [2.24, 2.45) is 0 Å². The van der Waals surface area contributed by atoms with Crippen LogP contribution in [0.25, 0.3) is 0 Å². The van der Waals surface area contributed by atoms with Crippen molar-refractivity contribution in [2.75, 3.05) is 5.32 Å². The van der Waals surface area contributed by atoms with Crippen LogP contribution in [0.1, 0.15) is 17.5 Å². The van der Waals surface area contributed by atoms with Gasteiger partial charge in [0.2, 0.25) is 16.9 Å². The van der Waals surface area contributed by atoms with E-state index in [1.165, 1.54) is 0 Å². The summed E-state index contributed by atoms with van der Waals surface area (Å²) in [5, 5.41) is 10.2. The number of rotatable bonds is 4. The molecule has 0 aliphatic rings. The van der Waals surface area contributed by atoms with Crippen LogP contribution in [0, 0.1) is 29.1 Å². The molecule has 1 heterocycles. The maximum atomic E-state index is 13.4. The van der Waals surface area contributed by atoms with Crippen molar-refractivity contribution in [3.05, 3.63) is 39.7 Å². The zero-order valence-electron chi connectivity index (χ0n) is 11.0. The first-order chi connectivity index (χ1) is 10.3. The fraction of sp³-hybridized carbons (Fsp3) is 0.250. The summed E-state index contributed by atoms with van der Waals surface area (Å²) in [6.07, 6.45) is -0.446. The number of anilines is 1. The van der Waals surface area contributed by atoms with Crippen LogP contribution in [0.15, 0.2) is 0 Å². The minimum atomic E-state index is -2.27. The van der Waals surface area contributed by atoms with Crippen LogP contribution in [0.3, 0.4) is 0 Å². The van der Waals surface area contributed by atoms with Gasteiger partial charge in [-0.15, -0.1) is 10.2 Å². The molecule has 10 heteroatoms. The predicted octanol–water partition coefficient (Wildman–Crippen LogP) is 2.98. The number of amides is 1. The summed E-state index contributed by atoms with van der Waals surface area (Å²) in [5.41, 5.74) is -1.20. The van der Waals surface area contributed by atoms with E-state index in [4.69, 9.17) is 0 Å². The number of aryl methyl sites for hydroxylation is 1. The Hall–Kier alpha value is -2.10. The summed E-state index contributed by atoms with van der Waals surface area (Å²) < 4.78 is 65.8. The van der Waals surface area contributed by atoms with Crippen LogP contribution in [-0.4, -0.2) is 16.1 Å². The van der Waals surface area contributed by atoms with Gasteiger partial charge < -0.3 is 5.32 Å². The summed E-state index contributed by atoms with van der Waals surface area (Å²) >= 11 is 1.04. The summed E-state index contributed by atoms with van der Waals surface area (Å²) in [7, 11) is 0. The van der Waals surface area contributed by atoms with E-state index >= 15 is 0 Å². The molecular formula is C12H8F5N3OS. The first kappa shape index (κ1) is 16.3. The van der Waals surface area contributed by atoms with Crippen molar-refractivity contribution >= 4 is 22.4 Å². The molecule has 2 rings (SSSR count). The maximum absolute atomic E-state index is 13.4. The Balaban J connectivity index is 2.22. The molecule has 4 nitrogen and oxygen atoms in total. The van der Waals surface area contributed by atoms with E-state index in [9.17, 15) is 26.7 Å². The molecule has 0 unspecified atom stereocenters. The highest BCUT2D eigenvalue weighted by atomic mass is 32.1. The average Bonchev–Trinajstić information content (AvgIpc) is 2.95. The minimum Gasteiger partial charge on any atom is -0.300 e. The molecular weight excluding hydrogens is 329 g/mol. The van der Waals surface area contributed by atoms with E-state index in [-0.39, 0.29) is 5.13 Å². The van der Waals surface area contributed by atoms with Gasteiger partial charge in [0.25, 0.3) is 0 Å². The van der Waals surface area contributed by atoms with Gasteiger partial charge in [-0.05, 0) is 6.42 Å². The molecule has 2 aromatic rings. The second-order valence-electron chi connectivity index (χ2n) is 4.13. The molecule has 0 fully saturated rings. The van der Waals surface area contributed by atoms with Gasteiger partial charge in [0.1, 0.15) is 5.01 Å². The average molecular weight is 337 g/mol. The lowest BCUT2D eigenvalue weighted by Gasteiger charge is -2.07. The lowest BCUT2D eigenvalue weighted by atomic mass is 10.1. The summed E-state index contributed by atoms with van der Waals surface area (Å²) in [4.78, 5) is 11.6. The standard InChI is InChI=1S/C12H8F5N3OS/c1-2-6-19-20-12(22-6)18-5(21)3-4-7(13)9(15)11(17)10(16)8(4)14/h2-3H2,1H3,(H,18,20,21). The van der Waals surface area contributed by atoms with Gasteiger partial charge in [0.15, 0.2) is 23.3 Å². The molecule has 0 spiro atoms. The highest BCUT2D eigenvalue weighted by Gasteiger charge is 2.27. The highest BCUT2D eigenvalue weighted by Crippen LogP contribution is 2.24. The lowest BCUT2D eigenvalue weighted by molar-refractivity contribution is -0.115. The molecule has 22 heavy (non-hydrogen) atoms. The molecule has 0 radical (unpaired) electrons. The number of halogens is 5. The van der Waals surface area contributed by atoms with E-state index < -0.39 is 47.0 Å². The quantitative estimate of drug-likeness (QED) is 0.530. The molecule has 0 bridgehead atoms. The Morgan fingerprint density at radius 1 is 1.00 bits per heavy atom. The second-order valence-corrected chi connectivity index (χ2v) is 5.19. The third-order valence-electron chi connectivity index (χ3n) is 2.65. The number of aromatic nitrogens is 2. The zero-order valence-corrected chi connectivity index (χ0v) is 11.8. The van der Waals surface area contributed by atoms with E-state index in [0.717, 1.165) is 11.3 Å². The van der Waals surface area contributed by atoms with Crippen LogP contribution in [0.5, 0.6) is 0 Å². The molecule has 0 atom stereocenters. The molecule has 0 saturated carbocycles. The van der Waals surface area contributed by atoms with Crippen LogP contribution in [-0.2, 0) is 17.6 Å². The normalized spacial score (nSPS) is 10.8. The van der Waals surface area contributed by atoms with Gasteiger partial charge in [-0.3, -0.25) is 4.79 Å². The monoisotopic (exact) mass is 337 g/mol. The van der Waals surface area contributed by atoms with Crippen LogP contribution in [0.4, 0.5) is 27.1 Å². The molecule has 0 saturated heterocycles. The molecule has 0 aliphatic carbocycles. The van der Waals surface area contributed by atoms with Gasteiger partial charge in [0, 0.05) is 5.56 Å². The zero-order chi connectivity index (χ0) is 16.4. The van der Waals surface area contributed by atoms with Crippen molar-refractivity contribution < 1.29 is 26.7 Å². The van der Waals surface area contributed by atoms with E-state index in [0.29, 0.717) is 11.4 Å². The van der Waals surface area contributed by atoms with Crippen molar-refractivity contribution in [1.82, 2.24) is 10.2 Å². The highest BCUT2D eigenvalue weighted by molar-refractivity contribution is 7.15. The Morgan fingerprint density at radius 2 is 1.55 bits per heavy atom. The van der Waals surface area contributed by atoms with Gasteiger partial charge in [0.05, 0.1) is 6.42 Å².